The lowest BCUT2D eigenvalue weighted by atomic mass is 9.77. The van der Waals surface area contributed by atoms with E-state index in [1.54, 1.807) is 0 Å². The Morgan fingerprint density at radius 3 is 1.67 bits per heavy atom. The fourth-order valence-electron chi connectivity index (χ4n) is 4.70. The summed E-state index contributed by atoms with van der Waals surface area (Å²) in [6.45, 7) is 0.543. The van der Waals surface area contributed by atoms with Crippen molar-refractivity contribution in [2.24, 2.45) is 5.73 Å². The summed E-state index contributed by atoms with van der Waals surface area (Å²) in [6.07, 6.45) is 4.91. The SMILES string of the molecule is NCc1cccc(Cc2cn(C(c3ccccc3)(c3ccccc3)c3ccccc3)cn2)c1. The molecular weight excluding hydrogens is 402 g/mol. The molecule has 5 aromatic rings. The highest BCUT2D eigenvalue weighted by Crippen LogP contribution is 2.40. The lowest BCUT2D eigenvalue weighted by Crippen LogP contribution is -2.36. The Morgan fingerprint density at radius 2 is 1.15 bits per heavy atom. The third kappa shape index (κ3) is 3.99. The molecule has 0 aliphatic carbocycles. The maximum Gasteiger partial charge on any atom is 0.121 e. The summed E-state index contributed by atoms with van der Waals surface area (Å²) >= 11 is 0. The number of rotatable bonds is 7. The van der Waals surface area contributed by atoms with Gasteiger partial charge in [-0.15, -0.1) is 0 Å². The lowest BCUT2D eigenvalue weighted by molar-refractivity contribution is 0.514. The van der Waals surface area contributed by atoms with Crippen LogP contribution in [0.4, 0.5) is 0 Å². The van der Waals surface area contributed by atoms with Gasteiger partial charge in [0.25, 0.3) is 0 Å². The summed E-state index contributed by atoms with van der Waals surface area (Å²) in [5, 5.41) is 0. The fraction of sp³-hybridized carbons (Fsp3) is 0.100. The minimum absolute atomic E-state index is 0.534. The summed E-state index contributed by atoms with van der Waals surface area (Å²) < 4.78 is 2.26. The second kappa shape index (κ2) is 9.27. The normalized spacial score (nSPS) is 11.4. The van der Waals surface area contributed by atoms with Crippen molar-refractivity contribution in [2.45, 2.75) is 18.5 Å². The largest absolute Gasteiger partial charge is 0.326 e. The number of aromatic nitrogens is 2. The molecule has 162 valence electrons. The molecule has 33 heavy (non-hydrogen) atoms. The molecule has 1 heterocycles. The predicted octanol–water partition coefficient (Wildman–Crippen LogP) is 5.77. The lowest BCUT2D eigenvalue weighted by Gasteiger charge is -2.37. The van der Waals surface area contributed by atoms with Crippen LogP contribution in [0, 0.1) is 0 Å². The van der Waals surface area contributed by atoms with E-state index in [9.17, 15) is 0 Å². The van der Waals surface area contributed by atoms with E-state index in [-0.39, 0.29) is 0 Å². The summed E-state index contributed by atoms with van der Waals surface area (Å²) in [7, 11) is 0. The van der Waals surface area contributed by atoms with E-state index in [1.807, 2.05) is 6.33 Å². The zero-order valence-corrected chi connectivity index (χ0v) is 18.5. The minimum Gasteiger partial charge on any atom is -0.326 e. The average molecular weight is 430 g/mol. The van der Waals surface area contributed by atoms with Gasteiger partial charge in [0.2, 0.25) is 0 Å². The van der Waals surface area contributed by atoms with Crippen LogP contribution in [0.25, 0.3) is 0 Å². The first-order chi connectivity index (χ1) is 16.3. The molecule has 0 unspecified atom stereocenters. The predicted molar refractivity (Wildman–Crippen MR) is 134 cm³/mol. The van der Waals surface area contributed by atoms with Gasteiger partial charge in [0, 0.05) is 19.2 Å². The standard InChI is InChI=1S/C30H27N3/c31-21-25-12-10-11-24(19-25)20-29-22-33(23-32-29)30(26-13-4-1-5-14-26,27-15-6-2-7-16-27)28-17-8-3-9-18-28/h1-19,22-23H,20-21,31H2. The van der Waals surface area contributed by atoms with Crippen LogP contribution in [0.3, 0.4) is 0 Å². The molecule has 5 rings (SSSR count). The summed E-state index contributed by atoms with van der Waals surface area (Å²) in [5.41, 5.74) is 12.3. The van der Waals surface area contributed by atoms with Gasteiger partial charge in [-0.2, -0.15) is 0 Å². The van der Waals surface area contributed by atoms with Crippen molar-refractivity contribution in [3.05, 3.63) is 161 Å². The Hall–Kier alpha value is -3.95. The average Bonchev–Trinajstić information content (AvgIpc) is 3.35. The van der Waals surface area contributed by atoms with Gasteiger partial charge in [-0.05, 0) is 27.8 Å². The van der Waals surface area contributed by atoms with E-state index in [2.05, 4.69) is 126 Å². The second-order valence-corrected chi connectivity index (χ2v) is 8.28. The molecule has 0 bridgehead atoms. The van der Waals surface area contributed by atoms with Crippen molar-refractivity contribution >= 4 is 0 Å². The number of imidazole rings is 1. The summed E-state index contributed by atoms with van der Waals surface area (Å²) in [4.78, 5) is 4.84. The van der Waals surface area contributed by atoms with Crippen molar-refractivity contribution in [2.75, 3.05) is 0 Å². The first-order valence-corrected chi connectivity index (χ1v) is 11.3. The highest BCUT2D eigenvalue weighted by Gasteiger charge is 2.38. The topological polar surface area (TPSA) is 43.8 Å². The van der Waals surface area contributed by atoms with Gasteiger partial charge in [0.15, 0.2) is 0 Å². The quantitative estimate of drug-likeness (QED) is 0.334. The third-order valence-corrected chi connectivity index (χ3v) is 6.21. The Balaban J connectivity index is 1.69. The van der Waals surface area contributed by atoms with Crippen molar-refractivity contribution < 1.29 is 0 Å². The summed E-state index contributed by atoms with van der Waals surface area (Å²) in [5.74, 6) is 0. The third-order valence-electron chi connectivity index (χ3n) is 6.21. The number of nitrogens with two attached hydrogens (primary N) is 1. The molecule has 0 amide bonds. The maximum atomic E-state index is 5.85. The molecule has 0 radical (unpaired) electrons. The van der Waals surface area contributed by atoms with Gasteiger partial charge in [0.05, 0.1) is 12.0 Å². The second-order valence-electron chi connectivity index (χ2n) is 8.28. The molecule has 1 aromatic heterocycles. The van der Waals surface area contributed by atoms with Crippen LogP contribution in [0.2, 0.25) is 0 Å². The van der Waals surface area contributed by atoms with Gasteiger partial charge in [-0.25, -0.2) is 4.98 Å². The van der Waals surface area contributed by atoms with Crippen LogP contribution in [-0.2, 0) is 18.5 Å². The number of benzene rings is 4. The molecule has 3 nitrogen and oxygen atoms in total. The van der Waals surface area contributed by atoms with Crippen molar-refractivity contribution in [1.29, 1.82) is 0 Å². The molecular formula is C30H27N3. The van der Waals surface area contributed by atoms with Crippen LogP contribution in [-0.4, -0.2) is 9.55 Å². The molecule has 0 saturated heterocycles. The first kappa shape index (κ1) is 20.9. The van der Waals surface area contributed by atoms with E-state index in [0.717, 1.165) is 17.7 Å². The van der Waals surface area contributed by atoms with E-state index in [4.69, 9.17) is 10.7 Å². The number of nitrogens with zero attached hydrogens (tertiary/aromatic N) is 2. The molecule has 2 N–H and O–H groups in total. The summed E-state index contributed by atoms with van der Waals surface area (Å²) in [6, 6.07) is 40.4. The molecule has 0 fully saturated rings. The molecule has 0 atom stereocenters. The van der Waals surface area contributed by atoms with Crippen LogP contribution in [0.5, 0.6) is 0 Å². The monoisotopic (exact) mass is 429 g/mol. The van der Waals surface area contributed by atoms with Crippen LogP contribution >= 0.6 is 0 Å². The molecule has 0 aliphatic heterocycles. The van der Waals surface area contributed by atoms with Crippen molar-refractivity contribution in [1.82, 2.24) is 9.55 Å². The Labute approximate surface area is 195 Å². The highest BCUT2D eigenvalue weighted by atomic mass is 15.1. The van der Waals surface area contributed by atoms with E-state index < -0.39 is 5.54 Å². The Morgan fingerprint density at radius 1 is 0.636 bits per heavy atom. The number of hydrogen-bond donors (Lipinski definition) is 1. The van der Waals surface area contributed by atoms with Crippen LogP contribution in [0.1, 0.15) is 33.5 Å². The number of hydrogen-bond acceptors (Lipinski definition) is 2. The molecule has 0 aliphatic rings. The van der Waals surface area contributed by atoms with Gasteiger partial charge >= 0.3 is 0 Å². The fourth-order valence-corrected chi connectivity index (χ4v) is 4.70. The minimum atomic E-state index is -0.534. The highest BCUT2D eigenvalue weighted by molar-refractivity contribution is 5.50. The molecule has 0 spiro atoms. The zero-order chi connectivity index (χ0) is 22.5. The first-order valence-electron chi connectivity index (χ1n) is 11.3. The molecule has 3 heteroatoms. The molecule has 0 saturated carbocycles. The van der Waals surface area contributed by atoms with Gasteiger partial charge < -0.3 is 10.3 Å². The zero-order valence-electron chi connectivity index (χ0n) is 18.5. The Bertz CT molecular complexity index is 1210. The van der Waals surface area contributed by atoms with E-state index in [0.29, 0.717) is 6.54 Å². The van der Waals surface area contributed by atoms with E-state index in [1.165, 1.54) is 22.3 Å². The van der Waals surface area contributed by atoms with Gasteiger partial charge in [0.1, 0.15) is 5.54 Å². The maximum absolute atomic E-state index is 5.85. The van der Waals surface area contributed by atoms with Crippen LogP contribution in [0.15, 0.2) is 128 Å². The van der Waals surface area contributed by atoms with E-state index >= 15 is 0 Å². The van der Waals surface area contributed by atoms with Gasteiger partial charge in [-0.3, -0.25) is 0 Å². The van der Waals surface area contributed by atoms with Gasteiger partial charge in [-0.1, -0.05) is 115 Å². The smallest absolute Gasteiger partial charge is 0.121 e. The molecule has 4 aromatic carbocycles. The van der Waals surface area contributed by atoms with Crippen LogP contribution < -0.4 is 5.73 Å². The van der Waals surface area contributed by atoms with Crippen molar-refractivity contribution in [3.63, 3.8) is 0 Å². The Kier molecular flexibility index (Phi) is 5.88. The van der Waals surface area contributed by atoms with Crippen molar-refractivity contribution in [3.8, 4) is 0 Å².